The molecule has 2 aromatic rings. The third kappa shape index (κ3) is 2.43. The van der Waals surface area contributed by atoms with Gasteiger partial charge >= 0.3 is 0 Å². The molecule has 1 aliphatic rings. The first-order valence-corrected chi connectivity index (χ1v) is 6.54. The zero-order chi connectivity index (χ0) is 13.4. The van der Waals surface area contributed by atoms with E-state index in [2.05, 4.69) is 15.4 Å². The fraction of sp³-hybridized carbons (Fsp3) is 0.385. The molecule has 1 atom stereocenters. The first-order valence-electron chi connectivity index (χ1n) is 6.17. The predicted molar refractivity (Wildman–Crippen MR) is 72.3 cm³/mol. The van der Waals surface area contributed by atoms with Gasteiger partial charge in [0.05, 0.1) is 11.4 Å². The van der Waals surface area contributed by atoms with Crippen LogP contribution in [-0.2, 0) is 13.6 Å². The lowest BCUT2D eigenvalue weighted by Crippen LogP contribution is -2.23. The molecule has 3 rings (SSSR count). The smallest absolute Gasteiger partial charge is 0.220 e. The molecule has 0 aromatic carbocycles. The summed E-state index contributed by atoms with van der Waals surface area (Å²) in [5.41, 5.74) is 3.02. The number of hydrogen-bond acceptors (Lipinski definition) is 4. The summed E-state index contributed by atoms with van der Waals surface area (Å²) in [6.45, 7) is 3.41. The lowest BCUT2D eigenvalue weighted by Gasteiger charge is -2.16. The molecule has 2 aromatic heterocycles. The van der Waals surface area contributed by atoms with Gasteiger partial charge in [-0.1, -0.05) is 11.6 Å². The van der Waals surface area contributed by atoms with E-state index in [1.165, 1.54) is 0 Å². The van der Waals surface area contributed by atoms with Gasteiger partial charge in [-0.15, -0.1) is 0 Å². The van der Waals surface area contributed by atoms with E-state index >= 15 is 0 Å². The lowest BCUT2D eigenvalue weighted by atomic mass is 10.2. The summed E-state index contributed by atoms with van der Waals surface area (Å²) in [5, 5.41) is 8.16. The fourth-order valence-electron chi connectivity index (χ4n) is 2.29. The van der Waals surface area contributed by atoms with Crippen LogP contribution in [0, 0.1) is 6.92 Å². The minimum atomic E-state index is -0.113. The summed E-state index contributed by atoms with van der Waals surface area (Å²) in [4.78, 5) is 4.26. The second kappa shape index (κ2) is 4.83. The zero-order valence-electron chi connectivity index (χ0n) is 10.9. The zero-order valence-corrected chi connectivity index (χ0v) is 11.6. The normalized spacial score (nSPS) is 18.6. The Morgan fingerprint density at radius 1 is 1.47 bits per heavy atom. The number of aryl methyl sites for hydroxylation is 2. The van der Waals surface area contributed by atoms with E-state index in [1.807, 2.05) is 30.8 Å². The minimum absolute atomic E-state index is 0.113. The molecule has 0 bridgehead atoms. The maximum atomic E-state index is 6.00. The maximum Gasteiger partial charge on any atom is 0.220 e. The van der Waals surface area contributed by atoms with Crippen molar-refractivity contribution in [2.24, 2.45) is 7.05 Å². The molecule has 0 fully saturated rings. The molecule has 0 saturated carbocycles. The van der Waals surface area contributed by atoms with Crippen LogP contribution in [0.25, 0.3) is 0 Å². The molecule has 6 heteroatoms. The van der Waals surface area contributed by atoms with Crippen molar-refractivity contribution < 1.29 is 4.74 Å². The Labute approximate surface area is 116 Å². The molecule has 1 N–H and O–H groups in total. The van der Waals surface area contributed by atoms with Crippen molar-refractivity contribution in [1.29, 1.82) is 0 Å². The summed E-state index contributed by atoms with van der Waals surface area (Å²) in [6.07, 6.45) is -0.113. The number of nitrogens with zero attached hydrogens (tertiary/aromatic N) is 3. The second-order valence-electron chi connectivity index (χ2n) is 4.67. The van der Waals surface area contributed by atoms with Gasteiger partial charge in [-0.05, 0) is 25.1 Å². The van der Waals surface area contributed by atoms with E-state index in [1.54, 1.807) is 6.07 Å². The quantitative estimate of drug-likeness (QED) is 0.811. The van der Waals surface area contributed by atoms with Crippen molar-refractivity contribution in [3.8, 4) is 5.88 Å². The van der Waals surface area contributed by atoms with E-state index in [-0.39, 0.29) is 6.10 Å². The van der Waals surface area contributed by atoms with Crippen molar-refractivity contribution >= 4 is 11.6 Å². The third-order valence-corrected chi connectivity index (χ3v) is 3.38. The number of nitrogens with one attached hydrogen (secondary N) is 1. The van der Waals surface area contributed by atoms with E-state index in [4.69, 9.17) is 16.3 Å². The van der Waals surface area contributed by atoms with Crippen LogP contribution in [0.5, 0.6) is 5.88 Å². The van der Waals surface area contributed by atoms with Crippen molar-refractivity contribution in [3.05, 3.63) is 40.3 Å². The molecule has 19 heavy (non-hydrogen) atoms. The SMILES string of the molecule is Cc1cc(C2CNCc3ccc(Cl)nc3O2)n(C)n1. The molecule has 3 heterocycles. The van der Waals surface area contributed by atoms with Gasteiger partial charge in [0.25, 0.3) is 0 Å². The monoisotopic (exact) mass is 278 g/mol. The highest BCUT2D eigenvalue weighted by Gasteiger charge is 2.23. The van der Waals surface area contributed by atoms with Gasteiger partial charge in [0, 0.05) is 25.7 Å². The van der Waals surface area contributed by atoms with E-state index in [0.717, 1.165) is 23.5 Å². The molecule has 0 aliphatic carbocycles. The maximum absolute atomic E-state index is 6.00. The average Bonchev–Trinajstić information content (AvgIpc) is 2.59. The molecular weight excluding hydrogens is 264 g/mol. The summed E-state index contributed by atoms with van der Waals surface area (Å²) < 4.78 is 7.84. The summed E-state index contributed by atoms with van der Waals surface area (Å²) in [7, 11) is 1.92. The van der Waals surface area contributed by atoms with Gasteiger partial charge in [0.1, 0.15) is 5.15 Å². The Balaban J connectivity index is 1.95. The van der Waals surface area contributed by atoms with E-state index in [9.17, 15) is 0 Å². The number of pyridine rings is 1. The van der Waals surface area contributed by atoms with E-state index < -0.39 is 0 Å². The fourth-order valence-corrected chi connectivity index (χ4v) is 2.43. The third-order valence-electron chi connectivity index (χ3n) is 3.17. The van der Waals surface area contributed by atoms with Gasteiger partial charge in [-0.3, -0.25) is 4.68 Å². The molecule has 100 valence electrons. The lowest BCUT2D eigenvalue weighted by molar-refractivity contribution is 0.192. The molecule has 1 unspecified atom stereocenters. The molecular formula is C13H15ClN4O. The van der Waals surface area contributed by atoms with Crippen LogP contribution in [0.3, 0.4) is 0 Å². The van der Waals surface area contributed by atoms with Crippen molar-refractivity contribution in [1.82, 2.24) is 20.1 Å². The Morgan fingerprint density at radius 2 is 2.32 bits per heavy atom. The molecule has 0 saturated heterocycles. The van der Waals surface area contributed by atoms with Crippen LogP contribution >= 0.6 is 11.6 Å². The molecule has 0 amide bonds. The topological polar surface area (TPSA) is 52.0 Å². The Kier molecular flexibility index (Phi) is 3.16. The summed E-state index contributed by atoms with van der Waals surface area (Å²) >= 11 is 5.93. The largest absolute Gasteiger partial charge is 0.466 e. The first kappa shape index (κ1) is 12.4. The highest BCUT2D eigenvalue weighted by Crippen LogP contribution is 2.27. The predicted octanol–water partition coefficient (Wildman–Crippen LogP) is 2.00. The van der Waals surface area contributed by atoms with Crippen LogP contribution in [0.4, 0.5) is 0 Å². The Morgan fingerprint density at radius 3 is 3.05 bits per heavy atom. The van der Waals surface area contributed by atoms with Gasteiger partial charge in [0.15, 0.2) is 6.10 Å². The Bertz CT molecular complexity index is 611. The Hall–Kier alpha value is -1.59. The van der Waals surface area contributed by atoms with E-state index in [0.29, 0.717) is 17.6 Å². The number of ether oxygens (including phenoxy) is 1. The van der Waals surface area contributed by atoms with Gasteiger partial charge < -0.3 is 10.1 Å². The number of halogens is 1. The number of rotatable bonds is 1. The number of fused-ring (bicyclic) bond motifs is 1. The van der Waals surface area contributed by atoms with Crippen LogP contribution < -0.4 is 10.1 Å². The number of aromatic nitrogens is 3. The van der Waals surface area contributed by atoms with Gasteiger partial charge in [-0.2, -0.15) is 5.10 Å². The van der Waals surface area contributed by atoms with Crippen LogP contribution in [-0.4, -0.2) is 21.3 Å². The average molecular weight is 279 g/mol. The van der Waals surface area contributed by atoms with Gasteiger partial charge in [-0.25, -0.2) is 4.98 Å². The van der Waals surface area contributed by atoms with Crippen molar-refractivity contribution in [2.45, 2.75) is 19.6 Å². The molecule has 0 radical (unpaired) electrons. The number of hydrogen-bond donors (Lipinski definition) is 1. The second-order valence-corrected chi connectivity index (χ2v) is 5.06. The molecule has 5 nitrogen and oxygen atoms in total. The summed E-state index contributed by atoms with van der Waals surface area (Å²) in [6, 6.07) is 5.75. The molecule has 1 aliphatic heterocycles. The first-order chi connectivity index (χ1) is 9.13. The standard InChI is InChI=1S/C13H15ClN4O/c1-8-5-10(18(2)17-8)11-7-15-6-9-3-4-12(14)16-13(9)19-11/h3-5,11,15H,6-7H2,1-2H3. The minimum Gasteiger partial charge on any atom is -0.466 e. The van der Waals surface area contributed by atoms with Gasteiger partial charge in [0.2, 0.25) is 5.88 Å². The summed E-state index contributed by atoms with van der Waals surface area (Å²) in [5.74, 6) is 0.598. The highest BCUT2D eigenvalue weighted by molar-refractivity contribution is 6.29. The molecule has 0 spiro atoms. The van der Waals surface area contributed by atoms with Crippen molar-refractivity contribution in [3.63, 3.8) is 0 Å². The highest BCUT2D eigenvalue weighted by atomic mass is 35.5. The van der Waals surface area contributed by atoms with Crippen LogP contribution in [0.1, 0.15) is 23.1 Å². The van der Waals surface area contributed by atoms with Crippen molar-refractivity contribution in [2.75, 3.05) is 6.54 Å². The van der Waals surface area contributed by atoms with Crippen LogP contribution in [0.2, 0.25) is 5.15 Å². The van der Waals surface area contributed by atoms with Crippen LogP contribution in [0.15, 0.2) is 18.2 Å².